The van der Waals surface area contributed by atoms with Crippen LogP contribution in [0.5, 0.6) is 0 Å². The van der Waals surface area contributed by atoms with E-state index in [0.717, 1.165) is 19.4 Å². The fourth-order valence-corrected chi connectivity index (χ4v) is 2.91. The zero-order valence-corrected chi connectivity index (χ0v) is 15.7. The molecule has 0 saturated carbocycles. The van der Waals surface area contributed by atoms with Crippen molar-refractivity contribution < 1.29 is 19.4 Å². The second kappa shape index (κ2) is 9.87. The number of ether oxygens (including phenoxy) is 1. The van der Waals surface area contributed by atoms with E-state index in [1.165, 1.54) is 30.6 Å². The monoisotopic (exact) mass is 342 g/mol. The van der Waals surface area contributed by atoms with Crippen LogP contribution in [-0.2, 0) is 9.53 Å². The van der Waals surface area contributed by atoms with Gasteiger partial charge in [0.2, 0.25) is 0 Å². The third-order valence-corrected chi connectivity index (χ3v) is 4.23. The summed E-state index contributed by atoms with van der Waals surface area (Å²) in [5, 5.41) is 9.49. The number of nitrogens with zero attached hydrogens (tertiary/aromatic N) is 2. The largest absolute Gasteiger partial charge is 0.480 e. The molecular formula is C18H34N2O4. The molecule has 0 aliphatic carbocycles. The van der Waals surface area contributed by atoms with Crippen molar-refractivity contribution in [2.45, 2.75) is 77.9 Å². The number of rotatable bonds is 8. The molecule has 1 heterocycles. The van der Waals surface area contributed by atoms with Crippen LogP contribution >= 0.6 is 0 Å². The molecule has 1 aliphatic heterocycles. The quantitative estimate of drug-likeness (QED) is 0.685. The minimum Gasteiger partial charge on any atom is -0.480 e. The number of carboxylic acid groups (broad SMARTS) is 1. The van der Waals surface area contributed by atoms with Gasteiger partial charge in [-0.1, -0.05) is 39.0 Å². The summed E-state index contributed by atoms with van der Waals surface area (Å²) < 4.78 is 5.35. The van der Waals surface area contributed by atoms with E-state index in [0.29, 0.717) is 13.1 Å². The lowest BCUT2D eigenvalue weighted by molar-refractivity contribution is -0.145. The first-order valence-electron chi connectivity index (χ1n) is 9.19. The molecule has 0 bridgehead atoms. The van der Waals surface area contributed by atoms with E-state index in [4.69, 9.17) is 4.74 Å². The fourth-order valence-electron chi connectivity index (χ4n) is 2.91. The smallest absolute Gasteiger partial charge is 0.410 e. The van der Waals surface area contributed by atoms with Gasteiger partial charge >= 0.3 is 12.1 Å². The van der Waals surface area contributed by atoms with Gasteiger partial charge in [-0.05, 0) is 33.7 Å². The van der Waals surface area contributed by atoms with E-state index >= 15 is 0 Å². The Bertz CT molecular complexity index is 406. The Balaban J connectivity index is 2.45. The molecule has 24 heavy (non-hydrogen) atoms. The molecular weight excluding hydrogens is 308 g/mol. The highest BCUT2D eigenvalue weighted by atomic mass is 16.6. The second-order valence-electron chi connectivity index (χ2n) is 7.58. The van der Waals surface area contributed by atoms with Gasteiger partial charge in [-0.3, -0.25) is 9.69 Å². The molecule has 6 heteroatoms. The Hall–Kier alpha value is -1.30. The standard InChI is InChI=1S/C18H34N2O4/c1-5-6-7-8-9-10-11-19-12-13-20(14-15(19)16(21)22)17(23)24-18(2,3)4/h15H,5-14H2,1-4H3,(H,21,22)/t15-/m0/s1. The van der Waals surface area contributed by atoms with Gasteiger partial charge < -0.3 is 14.7 Å². The molecule has 0 radical (unpaired) electrons. The Morgan fingerprint density at radius 1 is 1.08 bits per heavy atom. The molecule has 0 unspecified atom stereocenters. The molecule has 0 aromatic heterocycles. The van der Waals surface area contributed by atoms with Crippen LogP contribution in [-0.4, -0.2) is 64.8 Å². The van der Waals surface area contributed by atoms with Crippen LogP contribution in [0.3, 0.4) is 0 Å². The number of hydrogen-bond donors (Lipinski definition) is 1. The van der Waals surface area contributed by atoms with E-state index in [-0.39, 0.29) is 6.54 Å². The lowest BCUT2D eigenvalue weighted by Gasteiger charge is -2.39. The number of amides is 1. The molecule has 1 atom stereocenters. The van der Waals surface area contributed by atoms with Crippen molar-refractivity contribution in [3.63, 3.8) is 0 Å². The third-order valence-electron chi connectivity index (χ3n) is 4.23. The molecule has 6 nitrogen and oxygen atoms in total. The van der Waals surface area contributed by atoms with Crippen molar-refractivity contribution in [1.29, 1.82) is 0 Å². The van der Waals surface area contributed by atoms with E-state index in [1.807, 2.05) is 25.7 Å². The van der Waals surface area contributed by atoms with Gasteiger partial charge in [0.05, 0.1) is 6.54 Å². The predicted molar refractivity (Wildman–Crippen MR) is 94.2 cm³/mol. The molecule has 1 fully saturated rings. The van der Waals surface area contributed by atoms with Crippen LogP contribution in [0, 0.1) is 0 Å². The average Bonchev–Trinajstić information content (AvgIpc) is 2.49. The maximum atomic E-state index is 12.1. The van der Waals surface area contributed by atoms with Crippen LogP contribution in [0.4, 0.5) is 4.79 Å². The van der Waals surface area contributed by atoms with Crippen LogP contribution in [0.25, 0.3) is 0 Å². The van der Waals surface area contributed by atoms with Crippen molar-refractivity contribution in [2.75, 3.05) is 26.2 Å². The summed E-state index contributed by atoms with van der Waals surface area (Å²) in [6, 6.07) is -0.637. The maximum Gasteiger partial charge on any atom is 0.410 e. The normalized spacial score (nSPS) is 19.3. The van der Waals surface area contributed by atoms with E-state index in [9.17, 15) is 14.7 Å². The number of carbonyl (C=O) groups excluding carboxylic acids is 1. The Morgan fingerprint density at radius 3 is 2.29 bits per heavy atom. The highest BCUT2D eigenvalue weighted by molar-refractivity contribution is 5.76. The van der Waals surface area contributed by atoms with Gasteiger partial charge in [0.25, 0.3) is 0 Å². The lowest BCUT2D eigenvalue weighted by Crippen LogP contribution is -2.58. The average molecular weight is 342 g/mol. The van der Waals surface area contributed by atoms with Crippen molar-refractivity contribution in [1.82, 2.24) is 9.80 Å². The first kappa shape index (κ1) is 20.7. The first-order chi connectivity index (χ1) is 11.2. The van der Waals surface area contributed by atoms with Crippen LogP contribution in [0.15, 0.2) is 0 Å². The summed E-state index contributed by atoms with van der Waals surface area (Å²) in [6.07, 6.45) is 6.70. The molecule has 0 aromatic carbocycles. The first-order valence-corrected chi connectivity index (χ1v) is 9.19. The van der Waals surface area contributed by atoms with Gasteiger partial charge in [-0.2, -0.15) is 0 Å². The van der Waals surface area contributed by atoms with Gasteiger partial charge in [0.1, 0.15) is 11.6 Å². The predicted octanol–water partition coefficient (Wildman–Crippen LogP) is 3.35. The molecule has 1 amide bonds. The topological polar surface area (TPSA) is 70.1 Å². The highest BCUT2D eigenvalue weighted by Gasteiger charge is 2.35. The molecule has 0 spiro atoms. The molecule has 1 N–H and O–H groups in total. The molecule has 1 saturated heterocycles. The highest BCUT2D eigenvalue weighted by Crippen LogP contribution is 2.16. The van der Waals surface area contributed by atoms with Crippen molar-refractivity contribution in [2.24, 2.45) is 0 Å². The molecule has 1 rings (SSSR count). The van der Waals surface area contributed by atoms with Gasteiger partial charge in [-0.25, -0.2) is 4.79 Å². The number of hydrogen-bond acceptors (Lipinski definition) is 4. The Labute approximate surface area is 146 Å². The third kappa shape index (κ3) is 7.51. The van der Waals surface area contributed by atoms with Gasteiger partial charge in [-0.15, -0.1) is 0 Å². The Kier molecular flexibility index (Phi) is 8.53. The van der Waals surface area contributed by atoms with Crippen LogP contribution < -0.4 is 0 Å². The SMILES string of the molecule is CCCCCCCCN1CCN(C(=O)OC(C)(C)C)C[C@H]1C(=O)O. The fraction of sp³-hybridized carbons (Fsp3) is 0.889. The molecule has 1 aliphatic rings. The summed E-state index contributed by atoms with van der Waals surface area (Å²) in [5.41, 5.74) is -0.564. The number of unbranched alkanes of at least 4 members (excludes halogenated alkanes) is 5. The Morgan fingerprint density at radius 2 is 1.71 bits per heavy atom. The zero-order chi connectivity index (χ0) is 18.2. The second-order valence-corrected chi connectivity index (χ2v) is 7.58. The van der Waals surface area contributed by atoms with Crippen molar-refractivity contribution in [3.8, 4) is 0 Å². The van der Waals surface area contributed by atoms with E-state index < -0.39 is 23.7 Å². The minimum absolute atomic E-state index is 0.195. The van der Waals surface area contributed by atoms with E-state index in [1.54, 1.807) is 0 Å². The van der Waals surface area contributed by atoms with Crippen molar-refractivity contribution in [3.05, 3.63) is 0 Å². The summed E-state index contributed by atoms with van der Waals surface area (Å²) in [7, 11) is 0. The minimum atomic E-state index is -0.866. The number of piperazine rings is 1. The zero-order valence-electron chi connectivity index (χ0n) is 15.7. The summed E-state index contributed by atoms with van der Waals surface area (Å²) >= 11 is 0. The van der Waals surface area contributed by atoms with Crippen LogP contribution in [0.2, 0.25) is 0 Å². The lowest BCUT2D eigenvalue weighted by atomic mass is 10.1. The van der Waals surface area contributed by atoms with Crippen LogP contribution in [0.1, 0.15) is 66.2 Å². The molecule has 140 valence electrons. The van der Waals surface area contributed by atoms with Gasteiger partial charge in [0, 0.05) is 13.1 Å². The number of carboxylic acids is 1. The number of carbonyl (C=O) groups is 2. The van der Waals surface area contributed by atoms with E-state index in [2.05, 4.69) is 6.92 Å². The summed E-state index contributed by atoms with van der Waals surface area (Å²) in [6.45, 7) is 9.73. The summed E-state index contributed by atoms with van der Waals surface area (Å²) in [4.78, 5) is 27.2. The summed E-state index contributed by atoms with van der Waals surface area (Å²) in [5.74, 6) is -0.866. The molecule has 0 aromatic rings. The maximum absolute atomic E-state index is 12.1. The van der Waals surface area contributed by atoms with Gasteiger partial charge in [0.15, 0.2) is 0 Å². The van der Waals surface area contributed by atoms with Crippen molar-refractivity contribution >= 4 is 12.1 Å². The number of aliphatic carboxylic acids is 1.